The van der Waals surface area contributed by atoms with E-state index in [1.807, 2.05) is 0 Å². The molecule has 0 unspecified atom stereocenters. The molecular formula is C17H31N3O2. The monoisotopic (exact) mass is 309 g/mol. The lowest BCUT2D eigenvalue weighted by Gasteiger charge is -2.43. The van der Waals surface area contributed by atoms with Crippen LogP contribution in [0, 0.1) is 0 Å². The molecule has 3 aliphatic rings. The van der Waals surface area contributed by atoms with E-state index in [1.54, 1.807) is 0 Å². The lowest BCUT2D eigenvalue weighted by atomic mass is 9.92. The van der Waals surface area contributed by atoms with Gasteiger partial charge in [-0.25, -0.2) is 0 Å². The zero-order valence-electron chi connectivity index (χ0n) is 13.7. The third-order valence-corrected chi connectivity index (χ3v) is 5.59. The number of rotatable bonds is 5. The number of hydrogen-bond acceptors (Lipinski definition) is 4. The van der Waals surface area contributed by atoms with Crippen molar-refractivity contribution in [2.75, 3.05) is 39.3 Å². The molecule has 5 nitrogen and oxygen atoms in total. The first kappa shape index (κ1) is 16.2. The number of likely N-dealkylation sites (tertiary alicyclic amines) is 1. The Morgan fingerprint density at radius 2 is 1.95 bits per heavy atom. The van der Waals surface area contributed by atoms with E-state index in [1.165, 1.54) is 58.0 Å². The molecule has 1 atom stereocenters. The SMILES string of the molecule is O=C(C[C@H]1CNCCO1)NCC1(N2CCCCC2)CCCC1. The maximum atomic E-state index is 12.3. The zero-order valence-corrected chi connectivity index (χ0v) is 13.7. The number of morpholine rings is 1. The quantitative estimate of drug-likeness (QED) is 0.803. The molecular weight excluding hydrogens is 278 g/mol. The van der Waals surface area contributed by atoms with Crippen LogP contribution in [0.2, 0.25) is 0 Å². The second-order valence-electron chi connectivity index (χ2n) is 7.16. The Morgan fingerprint density at radius 1 is 1.18 bits per heavy atom. The summed E-state index contributed by atoms with van der Waals surface area (Å²) >= 11 is 0. The molecule has 0 aromatic carbocycles. The second-order valence-corrected chi connectivity index (χ2v) is 7.16. The van der Waals surface area contributed by atoms with Crippen molar-refractivity contribution < 1.29 is 9.53 Å². The molecule has 126 valence electrons. The highest BCUT2D eigenvalue weighted by Crippen LogP contribution is 2.36. The predicted octanol–water partition coefficient (Wildman–Crippen LogP) is 1.28. The van der Waals surface area contributed by atoms with E-state index < -0.39 is 0 Å². The summed E-state index contributed by atoms with van der Waals surface area (Å²) in [5, 5.41) is 6.51. The molecule has 22 heavy (non-hydrogen) atoms. The lowest BCUT2D eigenvalue weighted by molar-refractivity contribution is -0.125. The molecule has 5 heteroatoms. The van der Waals surface area contributed by atoms with Crippen LogP contribution in [0.3, 0.4) is 0 Å². The molecule has 2 saturated heterocycles. The Balaban J connectivity index is 1.49. The van der Waals surface area contributed by atoms with Gasteiger partial charge in [0.05, 0.1) is 19.1 Å². The molecule has 1 saturated carbocycles. The zero-order chi connectivity index (χ0) is 15.3. The van der Waals surface area contributed by atoms with Crippen LogP contribution < -0.4 is 10.6 Å². The van der Waals surface area contributed by atoms with Crippen molar-refractivity contribution in [1.82, 2.24) is 15.5 Å². The fourth-order valence-corrected chi connectivity index (χ4v) is 4.30. The van der Waals surface area contributed by atoms with Crippen molar-refractivity contribution in [3.63, 3.8) is 0 Å². The van der Waals surface area contributed by atoms with Gasteiger partial charge in [0.15, 0.2) is 0 Å². The third kappa shape index (κ3) is 4.00. The van der Waals surface area contributed by atoms with Crippen LogP contribution in [0.15, 0.2) is 0 Å². The molecule has 1 amide bonds. The van der Waals surface area contributed by atoms with E-state index in [4.69, 9.17) is 4.74 Å². The molecule has 2 aliphatic heterocycles. The average molecular weight is 309 g/mol. The van der Waals surface area contributed by atoms with E-state index in [0.717, 1.165) is 26.2 Å². The van der Waals surface area contributed by atoms with Gasteiger partial charge in [0.2, 0.25) is 5.91 Å². The minimum atomic E-state index is 0.0447. The van der Waals surface area contributed by atoms with Gasteiger partial charge in [0.1, 0.15) is 0 Å². The highest BCUT2D eigenvalue weighted by atomic mass is 16.5. The standard InChI is InChI=1S/C17H31N3O2/c21-16(12-15-13-18-8-11-22-15)19-14-17(6-2-3-7-17)20-9-4-1-5-10-20/h15,18H,1-14H2,(H,19,21)/t15-/m0/s1. The van der Waals surface area contributed by atoms with Gasteiger partial charge in [0, 0.05) is 25.2 Å². The van der Waals surface area contributed by atoms with Crippen molar-refractivity contribution in [3.8, 4) is 0 Å². The van der Waals surface area contributed by atoms with Crippen LogP contribution >= 0.6 is 0 Å². The first-order valence-corrected chi connectivity index (χ1v) is 9.13. The van der Waals surface area contributed by atoms with Gasteiger partial charge >= 0.3 is 0 Å². The Morgan fingerprint density at radius 3 is 2.64 bits per heavy atom. The summed E-state index contributed by atoms with van der Waals surface area (Å²) in [7, 11) is 0. The van der Waals surface area contributed by atoms with Crippen LogP contribution in [0.5, 0.6) is 0 Å². The molecule has 1 aliphatic carbocycles. The Bertz CT molecular complexity index is 357. The number of carbonyl (C=O) groups is 1. The van der Waals surface area contributed by atoms with Crippen molar-refractivity contribution in [2.24, 2.45) is 0 Å². The Hall–Kier alpha value is -0.650. The number of ether oxygens (including phenoxy) is 1. The molecule has 0 aromatic rings. The van der Waals surface area contributed by atoms with Gasteiger partial charge in [-0.15, -0.1) is 0 Å². The van der Waals surface area contributed by atoms with Gasteiger partial charge in [-0.1, -0.05) is 19.3 Å². The van der Waals surface area contributed by atoms with E-state index in [0.29, 0.717) is 6.42 Å². The maximum Gasteiger partial charge on any atom is 0.222 e. The highest BCUT2D eigenvalue weighted by Gasteiger charge is 2.40. The molecule has 3 rings (SSSR count). The van der Waals surface area contributed by atoms with Gasteiger partial charge < -0.3 is 15.4 Å². The minimum absolute atomic E-state index is 0.0447. The topological polar surface area (TPSA) is 53.6 Å². The number of carbonyl (C=O) groups excluding carboxylic acids is 1. The summed E-state index contributed by atoms with van der Waals surface area (Å²) in [6.07, 6.45) is 9.64. The van der Waals surface area contributed by atoms with E-state index in [-0.39, 0.29) is 17.6 Å². The summed E-state index contributed by atoms with van der Waals surface area (Å²) in [5.74, 6) is 0.150. The highest BCUT2D eigenvalue weighted by molar-refractivity contribution is 5.76. The van der Waals surface area contributed by atoms with Crippen molar-refractivity contribution in [2.45, 2.75) is 63.0 Å². The fourth-order valence-electron chi connectivity index (χ4n) is 4.30. The van der Waals surface area contributed by atoms with Gasteiger partial charge in [0.25, 0.3) is 0 Å². The summed E-state index contributed by atoms with van der Waals surface area (Å²) < 4.78 is 5.63. The van der Waals surface area contributed by atoms with E-state index in [2.05, 4.69) is 15.5 Å². The lowest BCUT2D eigenvalue weighted by Crippen LogP contribution is -2.56. The van der Waals surface area contributed by atoms with Gasteiger partial charge in [-0.05, 0) is 38.8 Å². The van der Waals surface area contributed by atoms with Crippen LogP contribution in [0.25, 0.3) is 0 Å². The predicted molar refractivity (Wildman–Crippen MR) is 86.9 cm³/mol. The van der Waals surface area contributed by atoms with Gasteiger partial charge in [-0.2, -0.15) is 0 Å². The van der Waals surface area contributed by atoms with Crippen LogP contribution in [-0.4, -0.2) is 61.8 Å². The first-order chi connectivity index (χ1) is 10.8. The molecule has 0 spiro atoms. The van der Waals surface area contributed by atoms with Crippen LogP contribution in [-0.2, 0) is 9.53 Å². The minimum Gasteiger partial charge on any atom is -0.375 e. The third-order valence-electron chi connectivity index (χ3n) is 5.59. The fraction of sp³-hybridized carbons (Fsp3) is 0.941. The average Bonchev–Trinajstić information content (AvgIpc) is 3.05. The summed E-state index contributed by atoms with van der Waals surface area (Å²) in [5.41, 5.74) is 0.238. The largest absolute Gasteiger partial charge is 0.375 e. The number of nitrogens with zero attached hydrogens (tertiary/aromatic N) is 1. The molecule has 2 heterocycles. The summed E-state index contributed by atoms with van der Waals surface area (Å²) in [6, 6.07) is 0. The molecule has 0 aromatic heterocycles. The normalized spacial score (nSPS) is 29.4. The number of piperidine rings is 1. The Kier molecular flexibility index (Phi) is 5.71. The Labute approximate surface area is 134 Å². The second kappa shape index (κ2) is 7.75. The molecule has 3 fully saturated rings. The number of amides is 1. The number of hydrogen-bond donors (Lipinski definition) is 2. The molecule has 2 N–H and O–H groups in total. The van der Waals surface area contributed by atoms with Crippen LogP contribution in [0.1, 0.15) is 51.4 Å². The first-order valence-electron chi connectivity index (χ1n) is 9.13. The van der Waals surface area contributed by atoms with Crippen molar-refractivity contribution >= 4 is 5.91 Å². The molecule has 0 radical (unpaired) electrons. The van der Waals surface area contributed by atoms with Gasteiger partial charge in [-0.3, -0.25) is 9.69 Å². The molecule has 0 bridgehead atoms. The van der Waals surface area contributed by atoms with Crippen LogP contribution in [0.4, 0.5) is 0 Å². The van der Waals surface area contributed by atoms with Crippen molar-refractivity contribution in [1.29, 1.82) is 0 Å². The summed E-state index contributed by atoms with van der Waals surface area (Å²) in [4.78, 5) is 14.9. The van der Waals surface area contributed by atoms with E-state index in [9.17, 15) is 4.79 Å². The smallest absolute Gasteiger partial charge is 0.222 e. The van der Waals surface area contributed by atoms with Crippen molar-refractivity contribution in [3.05, 3.63) is 0 Å². The maximum absolute atomic E-state index is 12.3. The number of nitrogens with one attached hydrogen (secondary N) is 2. The summed E-state index contributed by atoms with van der Waals surface area (Å²) in [6.45, 7) is 5.67. The van der Waals surface area contributed by atoms with E-state index >= 15 is 0 Å².